The molecular formula is C54H38N2. The Morgan fingerprint density at radius 3 is 1.34 bits per heavy atom. The summed E-state index contributed by atoms with van der Waals surface area (Å²) in [7, 11) is 0. The number of fused-ring (bicyclic) bond motifs is 3. The van der Waals surface area contributed by atoms with Crippen molar-refractivity contribution in [1.29, 1.82) is 0 Å². The summed E-state index contributed by atoms with van der Waals surface area (Å²) in [4.78, 5) is 2.46. The van der Waals surface area contributed by atoms with Crippen molar-refractivity contribution in [3.05, 3.63) is 231 Å². The van der Waals surface area contributed by atoms with Gasteiger partial charge in [0.15, 0.2) is 0 Å². The van der Waals surface area contributed by atoms with Crippen LogP contribution in [0, 0.1) is 0 Å². The molecule has 1 heterocycles. The topological polar surface area (TPSA) is 8.17 Å². The molecule has 264 valence electrons. The Morgan fingerprint density at radius 1 is 0.286 bits per heavy atom. The van der Waals surface area contributed by atoms with E-state index >= 15 is 0 Å². The molecule has 0 bridgehead atoms. The number of hydrogen-bond donors (Lipinski definition) is 0. The summed E-state index contributed by atoms with van der Waals surface area (Å²) >= 11 is 0. The Labute approximate surface area is 327 Å². The molecule has 0 saturated heterocycles. The van der Waals surface area contributed by atoms with Crippen molar-refractivity contribution in [3.8, 4) is 50.2 Å². The van der Waals surface area contributed by atoms with Crippen LogP contribution in [0.15, 0.2) is 231 Å². The van der Waals surface area contributed by atoms with Crippen molar-refractivity contribution in [1.82, 2.24) is 4.57 Å². The van der Waals surface area contributed by atoms with E-state index in [4.69, 9.17) is 0 Å². The van der Waals surface area contributed by atoms with Gasteiger partial charge in [-0.3, -0.25) is 0 Å². The molecule has 1 aromatic heterocycles. The minimum absolute atomic E-state index is 1.09. The van der Waals surface area contributed by atoms with Crippen LogP contribution in [0.1, 0.15) is 0 Å². The van der Waals surface area contributed by atoms with Crippen LogP contribution in [0.3, 0.4) is 0 Å². The van der Waals surface area contributed by atoms with Gasteiger partial charge in [0, 0.05) is 33.2 Å². The SMILES string of the molecule is c1ccc(-c2ccc(N(c3ccccc3-c3ccccc3)c3cccc4c3c3ccccc3n4-c3c(-c4ccccc4)cccc3-c3ccccc3)cc2)cc1. The normalized spacial score (nSPS) is 11.2. The van der Waals surface area contributed by atoms with Crippen molar-refractivity contribution in [2.75, 3.05) is 4.90 Å². The maximum atomic E-state index is 2.50. The van der Waals surface area contributed by atoms with Crippen molar-refractivity contribution >= 4 is 38.9 Å². The monoisotopic (exact) mass is 714 g/mol. The van der Waals surface area contributed by atoms with Gasteiger partial charge in [-0.2, -0.15) is 0 Å². The Morgan fingerprint density at radius 2 is 0.714 bits per heavy atom. The average Bonchev–Trinajstić information content (AvgIpc) is 3.62. The van der Waals surface area contributed by atoms with E-state index in [9.17, 15) is 0 Å². The highest BCUT2D eigenvalue weighted by atomic mass is 15.2. The van der Waals surface area contributed by atoms with E-state index in [0.29, 0.717) is 0 Å². The second kappa shape index (κ2) is 14.4. The molecule has 0 radical (unpaired) electrons. The first-order chi connectivity index (χ1) is 27.8. The molecular weight excluding hydrogens is 677 g/mol. The molecule has 9 aromatic carbocycles. The number of para-hydroxylation sites is 3. The zero-order chi connectivity index (χ0) is 37.3. The largest absolute Gasteiger partial charge is 0.309 e. The number of anilines is 3. The first kappa shape index (κ1) is 33.2. The van der Waals surface area contributed by atoms with Gasteiger partial charge >= 0.3 is 0 Å². The molecule has 0 saturated carbocycles. The summed E-state index contributed by atoms with van der Waals surface area (Å²) in [5.41, 5.74) is 16.2. The van der Waals surface area contributed by atoms with Crippen LogP contribution < -0.4 is 4.90 Å². The van der Waals surface area contributed by atoms with E-state index in [-0.39, 0.29) is 0 Å². The van der Waals surface area contributed by atoms with Gasteiger partial charge in [0.25, 0.3) is 0 Å². The standard InChI is InChI=1S/C54H38N2/c1-5-19-39(20-6-1)40-35-37-44(38-36-40)55(49-31-15-13-27-45(49)41-21-7-2-8-22-41)51-33-18-34-52-53(51)48-28-14-16-32-50(48)56(52)54-46(42-23-9-3-10-24-42)29-17-30-47(54)43-25-11-4-12-26-43/h1-38H. The first-order valence-electron chi connectivity index (χ1n) is 19.2. The Kier molecular flexibility index (Phi) is 8.55. The minimum Gasteiger partial charge on any atom is -0.309 e. The molecule has 56 heavy (non-hydrogen) atoms. The number of rotatable bonds is 8. The molecule has 2 nitrogen and oxygen atoms in total. The van der Waals surface area contributed by atoms with E-state index in [1.165, 1.54) is 55.3 Å². The molecule has 2 heteroatoms. The quantitative estimate of drug-likeness (QED) is 0.152. The number of hydrogen-bond acceptors (Lipinski definition) is 1. The van der Waals surface area contributed by atoms with Gasteiger partial charge in [0.1, 0.15) is 0 Å². The highest BCUT2D eigenvalue weighted by Crippen LogP contribution is 2.48. The summed E-state index contributed by atoms with van der Waals surface area (Å²) in [5.74, 6) is 0. The van der Waals surface area contributed by atoms with Crippen LogP contribution >= 0.6 is 0 Å². The molecule has 0 N–H and O–H groups in total. The van der Waals surface area contributed by atoms with Gasteiger partial charge in [0.05, 0.1) is 28.1 Å². The number of benzene rings is 9. The molecule has 0 fully saturated rings. The average molecular weight is 715 g/mol. The van der Waals surface area contributed by atoms with Gasteiger partial charge in [-0.25, -0.2) is 0 Å². The van der Waals surface area contributed by atoms with Crippen LogP contribution in [0.5, 0.6) is 0 Å². The third kappa shape index (κ3) is 5.85. The fraction of sp³-hybridized carbons (Fsp3) is 0. The number of aromatic nitrogens is 1. The second-order valence-electron chi connectivity index (χ2n) is 14.1. The fourth-order valence-corrected chi connectivity index (χ4v) is 8.29. The molecule has 0 unspecified atom stereocenters. The maximum Gasteiger partial charge on any atom is 0.0618 e. The minimum atomic E-state index is 1.09. The Balaban J connectivity index is 1.28. The molecule has 0 aliphatic rings. The van der Waals surface area contributed by atoms with E-state index in [1.807, 2.05) is 0 Å². The number of nitrogens with zero attached hydrogens (tertiary/aromatic N) is 2. The van der Waals surface area contributed by atoms with Crippen molar-refractivity contribution in [3.63, 3.8) is 0 Å². The predicted molar refractivity (Wildman–Crippen MR) is 237 cm³/mol. The molecule has 0 aliphatic heterocycles. The Bertz CT molecular complexity index is 2870. The lowest BCUT2D eigenvalue weighted by Crippen LogP contribution is -2.11. The zero-order valence-corrected chi connectivity index (χ0v) is 30.8. The molecule has 10 aromatic rings. The van der Waals surface area contributed by atoms with Gasteiger partial charge in [-0.15, -0.1) is 0 Å². The van der Waals surface area contributed by atoms with E-state index in [1.54, 1.807) is 0 Å². The van der Waals surface area contributed by atoms with Crippen molar-refractivity contribution < 1.29 is 0 Å². The molecule has 0 atom stereocenters. The lowest BCUT2D eigenvalue weighted by Gasteiger charge is -2.29. The molecule has 10 rings (SSSR count). The van der Waals surface area contributed by atoms with Crippen LogP contribution in [-0.2, 0) is 0 Å². The van der Waals surface area contributed by atoms with Gasteiger partial charge < -0.3 is 9.47 Å². The van der Waals surface area contributed by atoms with E-state index < -0.39 is 0 Å². The third-order valence-corrected chi connectivity index (χ3v) is 10.8. The Hall–Kier alpha value is -7.42. The lowest BCUT2D eigenvalue weighted by atomic mass is 9.95. The van der Waals surface area contributed by atoms with Crippen molar-refractivity contribution in [2.24, 2.45) is 0 Å². The highest BCUT2D eigenvalue weighted by Gasteiger charge is 2.25. The molecule has 0 aliphatic carbocycles. The van der Waals surface area contributed by atoms with Gasteiger partial charge in [0.2, 0.25) is 0 Å². The van der Waals surface area contributed by atoms with Crippen LogP contribution in [0.4, 0.5) is 17.1 Å². The fourth-order valence-electron chi connectivity index (χ4n) is 8.29. The second-order valence-corrected chi connectivity index (χ2v) is 14.1. The smallest absolute Gasteiger partial charge is 0.0618 e. The zero-order valence-electron chi connectivity index (χ0n) is 30.8. The molecule has 0 spiro atoms. The lowest BCUT2D eigenvalue weighted by molar-refractivity contribution is 1.18. The van der Waals surface area contributed by atoms with Crippen molar-refractivity contribution in [2.45, 2.75) is 0 Å². The predicted octanol–water partition coefficient (Wildman–Crippen LogP) is 14.9. The summed E-state index contributed by atoms with van der Waals surface area (Å²) in [6, 6.07) is 83.1. The summed E-state index contributed by atoms with van der Waals surface area (Å²) in [6.45, 7) is 0. The first-order valence-corrected chi connectivity index (χ1v) is 19.2. The van der Waals surface area contributed by atoms with Gasteiger partial charge in [-0.1, -0.05) is 194 Å². The summed E-state index contributed by atoms with van der Waals surface area (Å²) in [6.07, 6.45) is 0. The maximum absolute atomic E-state index is 2.50. The van der Waals surface area contributed by atoms with Crippen LogP contribution in [-0.4, -0.2) is 4.57 Å². The van der Waals surface area contributed by atoms with E-state index in [0.717, 1.165) is 33.8 Å². The highest BCUT2D eigenvalue weighted by molar-refractivity contribution is 6.17. The summed E-state index contributed by atoms with van der Waals surface area (Å²) < 4.78 is 2.50. The van der Waals surface area contributed by atoms with Gasteiger partial charge in [-0.05, 0) is 64.2 Å². The van der Waals surface area contributed by atoms with Crippen LogP contribution in [0.2, 0.25) is 0 Å². The molecule has 0 amide bonds. The summed E-state index contributed by atoms with van der Waals surface area (Å²) in [5, 5.41) is 2.39. The van der Waals surface area contributed by atoms with Crippen LogP contribution in [0.25, 0.3) is 72.0 Å². The third-order valence-electron chi connectivity index (χ3n) is 10.8. The van der Waals surface area contributed by atoms with E-state index in [2.05, 4.69) is 240 Å².